The Labute approximate surface area is 190 Å². The Hall–Kier alpha value is -3.13. The minimum atomic E-state index is -1.18. The number of oxime groups is 1. The average Bonchev–Trinajstić information content (AvgIpc) is 3.21. The first-order chi connectivity index (χ1) is 15.3. The van der Waals surface area contributed by atoms with Crippen LogP contribution in [0.3, 0.4) is 0 Å². The summed E-state index contributed by atoms with van der Waals surface area (Å²) in [5.41, 5.74) is 6.13. The van der Waals surface area contributed by atoms with E-state index in [0.29, 0.717) is 17.7 Å². The number of fused-ring (bicyclic) bond motifs is 1. The molecule has 3 rings (SSSR count). The standard InChI is InChI=1S/C18H21N5O7S2/c1-3-8-5-31-16-12(15(26)23(16)13(8)17(27)28)21-14(25)11(9-6-32-18(19)20-9)22-30-10(4-2)29-7-24/h6-7,10,12,16H,3-5H2,1-2H3,(H2,19,20)(H,21,25)(H,27,28)/b22-11-/t10-,12+,16+/m0/s1. The molecular formula is C18H21N5O7S2. The quantitative estimate of drug-likeness (QED) is 0.140. The Balaban J connectivity index is 1.80. The second kappa shape index (κ2) is 9.99. The van der Waals surface area contributed by atoms with Crippen molar-refractivity contribution in [2.45, 2.75) is 44.4 Å². The summed E-state index contributed by atoms with van der Waals surface area (Å²) in [7, 11) is 0. The van der Waals surface area contributed by atoms with Crippen LogP contribution in [0.4, 0.5) is 5.13 Å². The number of nitrogens with zero attached hydrogens (tertiary/aromatic N) is 3. The van der Waals surface area contributed by atoms with E-state index in [1.165, 1.54) is 22.0 Å². The Morgan fingerprint density at radius 1 is 1.50 bits per heavy atom. The van der Waals surface area contributed by atoms with Gasteiger partial charge in [-0.15, -0.1) is 23.1 Å². The highest BCUT2D eigenvalue weighted by atomic mass is 32.2. The number of nitrogens with one attached hydrogen (secondary N) is 1. The topological polar surface area (TPSA) is 174 Å². The van der Waals surface area contributed by atoms with Gasteiger partial charge in [-0.05, 0) is 12.0 Å². The summed E-state index contributed by atoms with van der Waals surface area (Å²) in [4.78, 5) is 58.2. The van der Waals surface area contributed by atoms with Crippen LogP contribution in [0.25, 0.3) is 0 Å². The van der Waals surface area contributed by atoms with Gasteiger partial charge >= 0.3 is 5.97 Å². The van der Waals surface area contributed by atoms with Crippen LogP contribution in [0.15, 0.2) is 21.8 Å². The van der Waals surface area contributed by atoms with Crippen LogP contribution in [0.2, 0.25) is 0 Å². The van der Waals surface area contributed by atoms with Crippen LogP contribution in [0.1, 0.15) is 32.4 Å². The predicted molar refractivity (Wildman–Crippen MR) is 115 cm³/mol. The van der Waals surface area contributed by atoms with Gasteiger partial charge in [0.15, 0.2) is 10.8 Å². The largest absolute Gasteiger partial charge is 0.477 e. The summed E-state index contributed by atoms with van der Waals surface area (Å²) >= 11 is 2.44. The van der Waals surface area contributed by atoms with Gasteiger partial charge in [0.1, 0.15) is 22.8 Å². The molecular weight excluding hydrogens is 462 g/mol. The number of amides is 2. The fourth-order valence-corrected chi connectivity index (χ4v) is 5.13. The summed E-state index contributed by atoms with van der Waals surface area (Å²) in [6.45, 7) is 3.71. The van der Waals surface area contributed by atoms with Gasteiger partial charge in [0.25, 0.3) is 24.6 Å². The number of carboxylic acid groups (broad SMARTS) is 1. The smallest absolute Gasteiger partial charge is 0.352 e. The summed E-state index contributed by atoms with van der Waals surface area (Å²) < 4.78 is 4.71. The molecule has 0 aromatic carbocycles. The van der Waals surface area contributed by atoms with E-state index in [4.69, 9.17) is 15.3 Å². The van der Waals surface area contributed by atoms with Crippen molar-refractivity contribution in [3.63, 3.8) is 0 Å². The van der Waals surface area contributed by atoms with Crippen molar-refractivity contribution in [3.05, 3.63) is 22.3 Å². The number of hydrogen-bond donors (Lipinski definition) is 3. The highest BCUT2D eigenvalue weighted by Gasteiger charge is 2.54. The molecule has 2 amide bonds. The first-order valence-corrected chi connectivity index (χ1v) is 11.5. The van der Waals surface area contributed by atoms with Gasteiger partial charge in [-0.2, -0.15) is 0 Å². The number of nitrogens with two attached hydrogens (primary N) is 1. The first-order valence-electron chi connectivity index (χ1n) is 9.57. The van der Waals surface area contributed by atoms with E-state index in [1.54, 1.807) is 6.92 Å². The van der Waals surface area contributed by atoms with Gasteiger partial charge < -0.3 is 25.7 Å². The Morgan fingerprint density at radius 3 is 2.81 bits per heavy atom. The fraction of sp³-hybridized carbons (Fsp3) is 0.444. The zero-order chi connectivity index (χ0) is 23.4. The molecule has 1 saturated heterocycles. The molecule has 0 aliphatic carbocycles. The highest BCUT2D eigenvalue weighted by molar-refractivity contribution is 8.00. The van der Waals surface area contributed by atoms with E-state index in [2.05, 4.69) is 15.5 Å². The van der Waals surface area contributed by atoms with E-state index in [9.17, 15) is 24.3 Å². The molecule has 0 bridgehead atoms. The molecule has 3 atom stereocenters. The van der Waals surface area contributed by atoms with Gasteiger partial charge in [0.2, 0.25) is 0 Å². The maximum atomic E-state index is 13.0. The number of thioether (sulfide) groups is 1. The highest BCUT2D eigenvalue weighted by Crippen LogP contribution is 2.41. The van der Waals surface area contributed by atoms with Crippen LogP contribution < -0.4 is 11.1 Å². The second-order valence-corrected chi connectivity index (χ2v) is 8.65. The monoisotopic (exact) mass is 483 g/mol. The molecule has 3 heterocycles. The van der Waals surface area contributed by atoms with Gasteiger partial charge in [-0.1, -0.05) is 19.0 Å². The number of rotatable bonds is 10. The number of β-lactam (4-membered cyclic amide) rings is 1. The third kappa shape index (κ3) is 4.55. The SMILES string of the molecule is CCC1=C(C(=O)O)N2C(=O)[C@@H](NC(=O)/C(=N\O[C@@H](CC)OC=O)c3csc(N)n3)[C@H]2SC1. The number of anilines is 1. The number of carbonyl (C=O) groups is 4. The van der Waals surface area contributed by atoms with Crippen LogP contribution in [-0.4, -0.2) is 68.4 Å². The lowest BCUT2D eigenvalue weighted by Gasteiger charge is -2.49. The number of ether oxygens (including phenoxy) is 1. The molecule has 2 aliphatic rings. The average molecular weight is 484 g/mol. The number of hydrogen-bond acceptors (Lipinski definition) is 11. The van der Waals surface area contributed by atoms with Gasteiger partial charge in [-0.25, -0.2) is 9.78 Å². The molecule has 0 saturated carbocycles. The predicted octanol–water partition coefficient (Wildman–Crippen LogP) is 0.504. The Morgan fingerprint density at radius 2 is 2.25 bits per heavy atom. The molecule has 0 radical (unpaired) electrons. The molecule has 4 N–H and O–H groups in total. The molecule has 1 aromatic rings. The minimum absolute atomic E-state index is 0.0342. The van der Waals surface area contributed by atoms with Crippen molar-refractivity contribution in [3.8, 4) is 0 Å². The van der Waals surface area contributed by atoms with E-state index in [1.807, 2.05) is 6.92 Å². The maximum absolute atomic E-state index is 13.0. The molecule has 1 fully saturated rings. The van der Waals surface area contributed by atoms with Gasteiger partial charge in [-0.3, -0.25) is 19.3 Å². The molecule has 12 nitrogen and oxygen atoms in total. The molecule has 1 aromatic heterocycles. The number of nitrogen functional groups attached to an aromatic ring is 1. The van der Waals surface area contributed by atoms with Crippen LogP contribution in [-0.2, 0) is 28.8 Å². The maximum Gasteiger partial charge on any atom is 0.352 e. The zero-order valence-electron chi connectivity index (χ0n) is 17.1. The third-order valence-electron chi connectivity index (χ3n) is 4.75. The fourth-order valence-electron chi connectivity index (χ4n) is 3.13. The Bertz CT molecular complexity index is 992. The van der Waals surface area contributed by atoms with Crippen molar-refractivity contribution in [1.82, 2.24) is 15.2 Å². The van der Waals surface area contributed by atoms with E-state index in [-0.39, 0.29) is 35.1 Å². The summed E-state index contributed by atoms with van der Waals surface area (Å²) in [5.74, 6) is -2.04. The lowest BCUT2D eigenvalue weighted by atomic mass is 10.0. The molecule has 0 unspecified atom stereocenters. The van der Waals surface area contributed by atoms with Crippen molar-refractivity contribution >= 4 is 58.2 Å². The lowest BCUT2D eigenvalue weighted by molar-refractivity contribution is -0.164. The summed E-state index contributed by atoms with van der Waals surface area (Å²) in [6, 6.07) is -0.949. The molecule has 14 heteroatoms. The van der Waals surface area contributed by atoms with Gasteiger partial charge in [0, 0.05) is 17.6 Å². The number of thiazole rings is 1. The van der Waals surface area contributed by atoms with E-state index in [0.717, 1.165) is 11.3 Å². The number of carboxylic acids is 1. The number of aliphatic carboxylic acids is 1. The van der Waals surface area contributed by atoms with Crippen molar-refractivity contribution in [1.29, 1.82) is 0 Å². The van der Waals surface area contributed by atoms with Crippen molar-refractivity contribution in [2.24, 2.45) is 5.16 Å². The van der Waals surface area contributed by atoms with Crippen molar-refractivity contribution < 1.29 is 33.9 Å². The molecule has 0 spiro atoms. The minimum Gasteiger partial charge on any atom is -0.477 e. The second-order valence-electron chi connectivity index (χ2n) is 6.66. The number of carbonyl (C=O) groups excluding carboxylic acids is 3. The van der Waals surface area contributed by atoms with Gasteiger partial charge in [0.05, 0.1) is 0 Å². The van der Waals surface area contributed by atoms with Crippen LogP contribution in [0.5, 0.6) is 0 Å². The number of aromatic nitrogens is 1. The van der Waals surface area contributed by atoms with E-state index < -0.39 is 35.5 Å². The zero-order valence-corrected chi connectivity index (χ0v) is 18.8. The molecule has 172 valence electrons. The molecule has 32 heavy (non-hydrogen) atoms. The Kier molecular flexibility index (Phi) is 7.35. The first kappa shape index (κ1) is 23.5. The lowest BCUT2D eigenvalue weighted by Crippen LogP contribution is -2.71. The summed E-state index contributed by atoms with van der Waals surface area (Å²) in [6.07, 6.45) is -0.241. The van der Waals surface area contributed by atoms with Crippen LogP contribution in [0, 0.1) is 0 Å². The molecule has 2 aliphatic heterocycles. The third-order valence-corrected chi connectivity index (χ3v) is 6.76. The van der Waals surface area contributed by atoms with Crippen molar-refractivity contribution in [2.75, 3.05) is 11.5 Å². The van der Waals surface area contributed by atoms with E-state index >= 15 is 0 Å². The normalized spacial score (nSPS) is 21.4. The summed E-state index contributed by atoms with van der Waals surface area (Å²) in [5, 5.41) is 17.0. The van der Waals surface area contributed by atoms with Crippen LogP contribution >= 0.6 is 23.1 Å².